The standard InChI is InChI=1S/C19H19BrClNO5S/c20-14-5-7-17(16(21)11-14)28(25,26)18(19(23)24)22-8-9-27-15-6-4-12-2-1-3-13(12)10-15/h4-7,10-11,18,22H,1-3,8-9H2,(H,23,24). The van der Waals surface area contributed by atoms with E-state index in [4.69, 9.17) is 16.3 Å². The monoisotopic (exact) mass is 487 g/mol. The minimum absolute atomic E-state index is 0.0431. The molecule has 1 atom stereocenters. The molecule has 150 valence electrons. The molecule has 1 aliphatic carbocycles. The smallest absolute Gasteiger partial charge is 0.336 e. The van der Waals surface area contributed by atoms with Crippen molar-refractivity contribution in [1.82, 2.24) is 5.32 Å². The van der Waals surface area contributed by atoms with Crippen molar-refractivity contribution < 1.29 is 23.1 Å². The van der Waals surface area contributed by atoms with Crippen LogP contribution in [0.15, 0.2) is 45.8 Å². The van der Waals surface area contributed by atoms with Gasteiger partial charge in [0, 0.05) is 11.0 Å². The maximum Gasteiger partial charge on any atom is 0.336 e. The van der Waals surface area contributed by atoms with Crippen molar-refractivity contribution in [2.75, 3.05) is 13.2 Å². The van der Waals surface area contributed by atoms with Crippen molar-refractivity contribution >= 4 is 43.3 Å². The molecule has 0 radical (unpaired) electrons. The summed E-state index contributed by atoms with van der Waals surface area (Å²) in [6.07, 6.45) is 3.24. The fourth-order valence-electron chi connectivity index (χ4n) is 3.16. The molecule has 0 aliphatic heterocycles. The van der Waals surface area contributed by atoms with Gasteiger partial charge in [0.05, 0.1) is 9.92 Å². The average Bonchev–Trinajstić information content (AvgIpc) is 3.08. The highest BCUT2D eigenvalue weighted by molar-refractivity contribution is 9.10. The number of ether oxygens (including phenoxy) is 1. The van der Waals surface area contributed by atoms with Gasteiger partial charge in [0.25, 0.3) is 0 Å². The number of nitrogens with one attached hydrogen (secondary N) is 1. The SMILES string of the molecule is O=C(O)C(NCCOc1ccc2c(c1)CCC2)S(=O)(=O)c1ccc(Br)cc1Cl. The fraction of sp³-hybridized carbons (Fsp3) is 0.316. The molecule has 0 amide bonds. The molecule has 0 heterocycles. The van der Waals surface area contributed by atoms with E-state index in [9.17, 15) is 18.3 Å². The zero-order chi connectivity index (χ0) is 20.3. The third kappa shape index (κ3) is 4.68. The molecule has 0 aromatic heterocycles. The van der Waals surface area contributed by atoms with Gasteiger partial charge in [-0.1, -0.05) is 33.6 Å². The predicted octanol–water partition coefficient (Wildman–Crippen LogP) is 3.44. The Kier molecular flexibility index (Phi) is 6.65. The average molecular weight is 489 g/mol. The molecule has 2 aromatic carbocycles. The number of carboxylic acid groups (broad SMARTS) is 1. The van der Waals surface area contributed by atoms with E-state index in [2.05, 4.69) is 21.2 Å². The lowest BCUT2D eigenvalue weighted by molar-refractivity contribution is -0.137. The first-order valence-electron chi connectivity index (χ1n) is 8.69. The van der Waals surface area contributed by atoms with Crippen LogP contribution in [-0.4, -0.2) is 38.0 Å². The maximum atomic E-state index is 12.7. The van der Waals surface area contributed by atoms with Crippen LogP contribution in [0.1, 0.15) is 17.5 Å². The quantitative estimate of drug-likeness (QED) is 0.553. The molecular weight excluding hydrogens is 470 g/mol. The molecule has 0 fully saturated rings. The van der Waals surface area contributed by atoms with Gasteiger partial charge >= 0.3 is 5.97 Å². The van der Waals surface area contributed by atoms with E-state index in [1.54, 1.807) is 0 Å². The highest BCUT2D eigenvalue weighted by Gasteiger charge is 2.35. The first-order chi connectivity index (χ1) is 13.3. The van der Waals surface area contributed by atoms with E-state index in [1.165, 1.54) is 29.3 Å². The Morgan fingerprint density at radius 3 is 2.68 bits per heavy atom. The molecule has 0 spiro atoms. The lowest BCUT2D eigenvalue weighted by atomic mass is 10.1. The van der Waals surface area contributed by atoms with Gasteiger partial charge in [-0.25, -0.2) is 13.2 Å². The van der Waals surface area contributed by atoms with Gasteiger partial charge in [0.2, 0.25) is 15.2 Å². The molecule has 1 unspecified atom stereocenters. The second kappa shape index (κ2) is 8.82. The van der Waals surface area contributed by atoms with Gasteiger partial charge in [0.15, 0.2) is 0 Å². The third-order valence-corrected chi connectivity index (χ3v) is 7.38. The molecule has 0 saturated heterocycles. The van der Waals surface area contributed by atoms with Crippen LogP contribution in [0.25, 0.3) is 0 Å². The highest BCUT2D eigenvalue weighted by atomic mass is 79.9. The normalized spacial score (nSPS) is 14.5. The van der Waals surface area contributed by atoms with E-state index in [-0.39, 0.29) is 23.1 Å². The summed E-state index contributed by atoms with van der Waals surface area (Å²) in [5.74, 6) is -0.815. The molecule has 28 heavy (non-hydrogen) atoms. The summed E-state index contributed by atoms with van der Waals surface area (Å²) >= 11 is 9.19. The highest BCUT2D eigenvalue weighted by Crippen LogP contribution is 2.28. The Balaban J connectivity index is 1.64. The van der Waals surface area contributed by atoms with Crippen LogP contribution in [0.3, 0.4) is 0 Å². The summed E-state index contributed by atoms with van der Waals surface area (Å²) in [6, 6.07) is 10.1. The molecule has 2 aromatic rings. The van der Waals surface area contributed by atoms with Crippen molar-refractivity contribution in [3.63, 3.8) is 0 Å². The number of benzene rings is 2. The maximum absolute atomic E-state index is 12.7. The first-order valence-corrected chi connectivity index (χ1v) is 11.4. The lowest BCUT2D eigenvalue weighted by Gasteiger charge is -2.17. The van der Waals surface area contributed by atoms with Crippen LogP contribution in [-0.2, 0) is 27.5 Å². The molecule has 3 rings (SSSR count). The van der Waals surface area contributed by atoms with E-state index in [0.717, 1.165) is 19.3 Å². The minimum Gasteiger partial charge on any atom is -0.492 e. The number of hydrogen-bond donors (Lipinski definition) is 2. The van der Waals surface area contributed by atoms with Crippen LogP contribution in [0.5, 0.6) is 5.75 Å². The Bertz CT molecular complexity index is 996. The molecule has 9 heteroatoms. The fourth-order valence-corrected chi connectivity index (χ4v) is 5.60. The molecule has 0 saturated carbocycles. The van der Waals surface area contributed by atoms with Crippen molar-refractivity contribution in [2.45, 2.75) is 29.5 Å². The van der Waals surface area contributed by atoms with Gasteiger partial charge in [-0.2, -0.15) is 0 Å². The lowest BCUT2D eigenvalue weighted by Crippen LogP contribution is -2.45. The van der Waals surface area contributed by atoms with Crippen LogP contribution in [0, 0.1) is 0 Å². The summed E-state index contributed by atoms with van der Waals surface area (Å²) in [7, 11) is -4.22. The Labute approximate surface area is 176 Å². The van der Waals surface area contributed by atoms with Gasteiger partial charge in [-0.3, -0.25) is 5.32 Å². The van der Waals surface area contributed by atoms with Crippen LogP contribution in [0.2, 0.25) is 5.02 Å². The number of carbonyl (C=O) groups is 1. The van der Waals surface area contributed by atoms with Crippen molar-refractivity contribution in [2.24, 2.45) is 0 Å². The molecule has 0 bridgehead atoms. The topological polar surface area (TPSA) is 92.7 Å². The van der Waals surface area contributed by atoms with Gasteiger partial charge in [0.1, 0.15) is 12.4 Å². The number of aryl methyl sites for hydroxylation is 2. The van der Waals surface area contributed by atoms with Crippen molar-refractivity contribution in [3.05, 3.63) is 57.0 Å². The van der Waals surface area contributed by atoms with E-state index in [0.29, 0.717) is 10.2 Å². The summed E-state index contributed by atoms with van der Waals surface area (Å²) in [6.45, 7) is 0.174. The zero-order valence-corrected chi connectivity index (χ0v) is 18.0. The summed E-state index contributed by atoms with van der Waals surface area (Å²) in [5.41, 5.74) is 2.59. The van der Waals surface area contributed by atoms with E-state index < -0.39 is 21.2 Å². The molecular formula is C19H19BrClNO5S. The second-order valence-electron chi connectivity index (χ2n) is 6.42. The number of rotatable bonds is 8. The number of aliphatic carboxylic acids is 1. The number of halogens is 2. The Morgan fingerprint density at radius 2 is 1.96 bits per heavy atom. The van der Waals surface area contributed by atoms with Gasteiger partial charge in [-0.05, 0) is 60.7 Å². The minimum atomic E-state index is -4.22. The van der Waals surface area contributed by atoms with Crippen LogP contribution >= 0.6 is 27.5 Å². The third-order valence-electron chi connectivity index (χ3n) is 4.51. The Hall–Kier alpha value is -1.61. The van der Waals surface area contributed by atoms with Gasteiger partial charge < -0.3 is 9.84 Å². The number of carboxylic acids is 1. The second-order valence-corrected chi connectivity index (χ2v) is 9.75. The van der Waals surface area contributed by atoms with Crippen LogP contribution in [0.4, 0.5) is 0 Å². The zero-order valence-electron chi connectivity index (χ0n) is 14.8. The largest absolute Gasteiger partial charge is 0.492 e. The van der Waals surface area contributed by atoms with E-state index in [1.807, 2.05) is 18.2 Å². The van der Waals surface area contributed by atoms with Gasteiger partial charge in [-0.15, -0.1) is 0 Å². The Morgan fingerprint density at radius 1 is 1.21 bits per heavy atom. The number of sulfone groups is 1. The molecule has 2 N–H and O–H groups in total. The number of fused-ring (bicyclic) bond motifs is 1. The van der Waals surface area contributed by atoms with Crippen molar-refractivity contribution in [1.29, 1.82) is 0 Å². The number of hydrogen-bond acceptors (Lipinski definition) is 5. The predicted molar refractivity (Wildman–Crippen MR) is 110 cm³/mol. The van der Waals surface area contributed by atoms with E-state index >= 15 is 0 Å². The first kappa shape index (κ1) is 21.1. The molecule has 1 aliphatic rings. The molecule has 6 nitrogen and oxygen atoms in total. The summed E-state index contributed by atoms with van der Waals surface area (Å²) in [4.78, 5) is 11.3. The van der Waals surface area contributed by atoms with Crippen molar-refractivity contribution in [3.8, 4) is 5.75 Å². The van der Waals surface area contributed by atoms with Crippen LogP contribution < -0.4 is 10.1 Å². The summed E-state index contributed by atoms with van der Waals surface area (Å²) < 4.78 is 31.7. The summed E-state index contributed by atoms with van der Waals surface area (Å²) in [5, 5.41) is 10.1.